The quantitative estimate of drug-likeness (QED) is 0.800. The molecule has 0 radical (unpaired) electrons. The summed E-state index contributed by atoms with van der Waals surface area (Å²) in [4.78, 5) is 30.4. The summed E-state index contributed by atoms with van der Waals surface area (Å²) < 4.78 is 18.6. The molecule has 2 aliphatic rings. The van der Waals surface area contributed by atoms with Crippen molar-refractivity contribution in [2.75, 3.05) is 44.7 Å². The van der Waals surface area contributed by atoms with Crippen LogP contribution in [0.1, 0.15) is 24.4 Å². The summed E-state index contributed by atoms with van der Waals surface area (Å²) in [5, 5.41) is 2.91. The minimum atomic E-state index is -0.522. The standard InChI is InChI=1S/C24H28FN3O3/c25-20-8-10-21(11-9-20)26-23(29)22(18-5-2-1-3-6-18)28-12-4-7-19(17-28)24(30)27-13-15-31-16-14-27/h1-3,5-6,8-11,19,22H,4,7,12-17H2,(H,26,29)/t19-,22-/m0/s1. The maximum Gasteiger partial charge on any atom is 0.246 e. The molecule has 2 aliphatic heterocycles. The highest BCUT2D eigenvalue weighted by Gasteiger charge is 2.36. The minimum absolute atomic E-state index is 0.128. The van der Waals surface area contributed by atoms with Gasteiger partial charge in [-0.05, 0) is 49.2 Å². The van der Waals surface area contributed by atoms with Crippen molar-refractivity contribution < 1.29 is 18.7 Å². The number of rotatable bonds is 5. The molecule has 7 heteroatoms. The summed E-state index contributed by atoms with van der Waals surface area (Å²) >= 11 is 0. The van der Waals surface area contributed by atoms with E-state index in [-0.39, 0.29) is 23.5 Å². The fraction of sp³-hybridized carbons (Fsp3) is 0.417. The van der Waals surface area contributed by atoms with Crippen LogP contribution in [0.3, 0.4) is 0 Å². The van der Waals surface area contributed by atoms with Gasteiger partial charge in [0.15, 0.2) is 0 Å². The Kier molecular flexibility index (Phi) is 6.94. The Bertz CT molecular complexity index is 885. The molecule has 6 nitrogen and oxygen atoms in total. The average Bonchev–Trinajstić information content (AvgIpc) is 2.82. The first-order valence-corrected chi connectivity index (χ1v) is 10.8. The molecular formula is C24H28FN3O3. The molecule has 2 amide bonds. The first-order valence-electron chi connectivity index (χ1n) is 10.8. The highest BCUT2D eigenvalue weighted by atomic mass is 19.1. The van der Waals surface area contributed by atoms with Crippen LogP contribution in [0.25, 0.3) is 0 Å². The van der Waals surface area contributed by atoms with Crippen molar-refractivity contribution >= 4 is 17.5 Å². The third-order valence-corrected chi connectivity index (χ3v) is 5.97. The Morgan fingerprint density at radius 2 is 1.71 bits per heavy atom. The number of piperidine rings is 1. The second-order valence-corrected chi connectivity index (χ2v) is 8.08. The van der Waals surface area contributed by atoms with Gasteiger partial charge in [-0.25, -0.2) is 4.39 Å². The van der Waals surface area contributed by atoms with Crippen molar-refractivity contribution in [2.45, 2.75) is 18.9 Å². The SMILES string of the molecule is O=C(Nc1ccc(F)cc1)[C@H](c1ccccc1)N1CCC[C@H](C(=O)N2CCOCC2)C1. The highest BCUT2D eigenvalue weighted by molar-refractivity contribution is 5.95. The van der Waals surface area contributed by atoms with E-state index < -0.39 is 6.04 Å². The van der Waals surface area contributed by atoms with E-state index in [9.17, 15) is 14.0 Å². The van der Waals surface area contributed by atoms with E-state index in [0.717, 1.165) is 24.9 Å². The molecule has 1 N–H and O–H groups in total. The Morgan fingerprint density at radius 1 is 1.00 bits per heavy atom. The van der Waals surface area contributed by atoms with E-state index in [0.29, 0.717) is 38.5 Å². The average molecular weight is 426 g/mol. The lowest BCUT2D eigenvalue weighted by molar-refractivity contribution is -0.142. The monoisotopic (exact) mass is 425 g/mol. The lowest BCUT2D eigenvalue weighted by Gasteiger charge is -2.39. The van der Waals surface area contributed by atoms with Crippen LogP contribution in [-0.2, 0) is 14.3 Å². The third-order valence-electron chi connectivity index (χ3n) is 5.97. The second kappa shape index (κ2) is 10.0. The van der Waals surface area contributed by atoms with E-state index in [1.54, 1.807) is 12.1 Å². The van der Waals surface area contributed by atoms with Gasteiger partial charge >= 0.3 is 0 Å². The summed E-state index contributed by atoms with van der Waals surface area (Å²) in [5.41, 5.74) is 1.42. The number of hydrogen-bond acceptors (Lipinski definition) is 4. The maximum atomic E-state index is 13.3. The molecule has 2 atom stereocenters. The molecule has 4 rings (SSSR count). The molecule has 0 aromatic heterocycles. The van der Waals surface area contributed by atoms with Gasteiger partial charge in [0.2, 0.25) is 11.8 Å². The molecule has 2 saturated heterocycles. The molecule has 0 saturated carbocycles. The summed E-state index contributed by atoms with van der Waals surface area (Å²) in [6.45, 7) is 3.69. The first-order chi connectivity index (χ1) is 15.1. The number of benzene rings is 2. The van der Waals surface area contributed by atoms with E-state index in [1.807, 2.05) is 35.2 Å². The van der Waals surface area contributed by atoms with Crippen molar-refractivity contribution in [3.05, 3.63) is 66.0 Å². The normalized spacial score (nSPS) is 20.8. The van der Waals surface area contributed by atoms with Crippen LogP contribution in [0.2, 0.25) is 0 Å². The zero-order valence-corrected chi connectivity index (χ0v) is 17.5. The maximum absolute atomic E-state index is 13.3. The number of carbonyl (C=O) groups excluding carboxylic acids is 2. The lowest BCUT2D eigenvalue weighted by Crippen LogP contribution is -2.50. The number of hydrogen-bond donors (Lipinski definition) is 1. The number of nitrogens with one attached hydrogen (secondary N) is 1. The first kappa shape index (κ1) is 21.5. The number of nitrogens with zero attached hydrogens (tertiary/aromatic N) is 2. The zero-order valence-electron chi connectivity index (χ0n) is 17.5. The highest BCUT2D eigenvalue weighted by Crippen LogP contribution is 2.29. The van der Waals surface area contributed by atoms with Crippen LogP contribution < -0.4 is 5.32 Å². The number of ether oxygens (including phenoxy) is 1. The van der Waals surface area contributed by atoms with Crippen LogP contribution in [0.15, 0.2) is 54.6 Å². The summed E-state index contributed by atoms with van der Waals surface area (Å²) in [6.07, 6.45) is 1.68. The number of likely N-dealkylation sites (tertiary alicyclic amines) is 1. The number of morpholine rings is 1. The van der Waals surface area contributed by atoms with Gasteiger partial charge < -0.3 is 15.0 Å². The summed E-state index contributed by atoms with van der Waals surface area (Å²) in [6, 6.07) is 14.8. The molecule has 2 aromatic rings. The largest absolute Gasteiger partial charge is 0.378 e. The number of carbonyl (C=O) groups is 2. The van der Waals surface area contributed by atoms with Crippen molar-refractivity contribution in [3.8, 4) is 0 Å². The van der Waals surface area contributed by atoms with Crippen LogP contribution in [0.4, 0.5) is 10.1 Å². The molecule has 2 heterocycles. The van der Waals surface area contributed by atoms with E-state index in [1.165, 1.54) is 12.1 Å². The topological polar surface area (TPSA) is 61.9 Å². The predicted molar refractivity (Wildman–Crippen MR) is 116 cm³/mol. The molecule has 0 bridgehead atoms. The Balaban J connectivity index is 1.52. The van der Waals surface area contributed by atoms with Gasteiger partial charge in [-0.15, -0.1) is 0 Å². The number of anilines is 1. The molecule has 0 unspecified atom stereocenters. The van der Waals surface area contributed by atoms with Crippen LogP contribution in [-0.4, -0.2) is 61.0 Å². The molecule has 2 aromatic carbocycles. The molecule has 0 spiro atoms. The van der Waals surface area contributed by atoms with Gasteiger partial charge in [-0.2, -0.15) is 0 Å². The van der Waals surface area contributed by atoms with Crippen molar-refractivity contribution in [1.82, 2.24) is 9.80 Å². The Labute approximate surface area is 182 Å². The molecule has 0 aliphatic carbocycles. The van der Waals surface area contributed by atoms with Gasteiger partial charge in [0.1, 0.15) is 11.9 Å². The minimum Gasteiger partial charge on any atom is -0.378 e. The Morgan fingerprint density at radius 3 is 2.42 bits per heavy atom. The fourth-order valence-electron chi connectivity index (χ4n) is 4.39. The van der Waals surface area contributed by atoms with Gasteiger partial charge in [0.25, 0.3) is 0 Å². The lowest BCUT2D eigenvalue weighted by atomic mass is 9.93. The number of amides is 2. The molecule has 31 heavy (non-hydrogen) atoms. The van der Waals surface area contributed by atoms with Crippen LogP contribution in [0, 0.1) is 11.7 Å². The van der Waals surface area contributed by atoms with Crippen molar-refractivity contribution in [2.24, 2.45) is 5.92 Å². The van der Waals surface area contributed by atoms with E-state index in [4.69, 9.17) is 4.74 Å². The Hall–Kier alpha value is -2.77. The molecule has 2 fully saturated rings. The van der Waals surface area contributed by atoms with E-state index in [2.05, 4.69) is 10.2 Å². The van der Waals surface area contributed by atoms with Crippen molar-refractivity contribution in [1.29, 1.82) is 0 Å². The van der Waals surface area contributed by atoms with Gasteiger partial charge in [-0.3, -0.25) is 14.5 Å². The van der Waals surface area contributed by atoms with Gasteiger partial charge in [-0.1, -0.05) is 30.3 Å². The van der Waals surface area contributed by atoms with Crippen molar-refractivity contribution in [3.63, 3.8) is 0 Å². The van der Waals surface area contributed by atoms with Crippen LogP contribution in [0.5, 0.6) is 0 Å². The second-order valence-electron chi connectivity index (χ2n) is 8.08. The molecular weight excluding hydrogens is 397 g/mol. The third kappa shape index (κ3) is 5.29. The molecule has 164 valence electrons. The summed E-state index contributed by atoms with van der Waals surface area (Å²) in [5.74, 6) is -0.508. The van der Waals surface area contributed by atoms with Gasteiger partial charge in [0.05, 0.1) is 19.1 Å². The van der Waals surface area contributed by atoms with Crippen LogP contribution >= 0.6 is 0 Å². The fourth-order valence-corrected chi connectivity index (χ4v) is 4.39. The smallest absolute Gasteiger partial charge is 0.246 e. The van der Waals surface area contributed by atoms with E-state index >= 15 is 0 Å². The van der Waals surface area contributed by atoms with Gasteiger partial charge in [0, 0.05) is 25.3 Å². The number of halogens is 1. The predicted octanol–water partition coefficient (Wildman–Crippen LogP) is 3.08. The summed E-state index contributed by atoms with van der Waals surface area (Å²) in [7, 11) is 0. The zero-order chi connectivity index (χ0) is 21.6.